The maximum absolute atomic E-state index is 12.7. The number of anilines is 1. The van der Waals surface area contributed by atoms with Crippen LogP contribution in [0.1, 0.15) is 13.8 Å². The third-order valence-corrected chi connectivity index (χ3v) is 2.42. The van der Waals surface area contributed by atoms with Crippen LogP contribution in [0.2, 0.25) is 0 Å². The molecule has 0 aliphatic heterocycles. The summed E-state index contributed by atoms with van der Waals surface area (Å²) in [5, 5.41) is 8.98. The van der Waals surface area contributed by atoms with Crippen LogP contribution < -0.4 is 4.90 Å². The van der Waals surface area contributed by atoms with Gasteiger partial charge in [0.15, 0.2) is 0 Å². The highest BCUT2D eigenvalue weighted by Crippen LogP contribution is 2.15. The molecule has 0 bridgehead atoms. The van der Waals surface area contributed by atoms with Crippen LogP contribution in [0.25, 0.3) is 0 Å². The molecule has 3 heteroatoms. The molecule has 0 fully saturated rings. The van der Waals surface area contributed by atoms with E-state index < -0.39 is 0 Å². The van der Waals surface area contributed by atoms with Gasteiger partial charge in [-0.2, -0.15) is 0 Å². The van der Waals surface area contributed by atoms with E-state index in [1.807, 2.05) is 13.8 Å². The molecule has 0 amide bonds. The summed E-state index contributed by atoms with van der Waals surface area (Å²) in [6.45, 7) is 5.87. The standard InChI is InChI=1S/C12H18FNO/c1-3-14(8-10(2)9-15)12-6-4-11(13)5-7-12/h4-7,10,15H,3,8-9H2,1-2H3. The van der Waals surface area contributed by atoms with Crippen LogP contribution in [0, 0.1) is 11.7 Å². The van der Waals surface area contributed by atoms with Gasteiger partial charge >= 0.3 is 0 Å². The quantitative estimate of drug-likeness (QED) is 0.807. The van der Waals surface area contributed by atoms with Crippen molar-refractivity contribution in [1.82, 2.24) is 0 Å². The molecule has 1 rings (SSSR count). The molecular formula is C12H18FNO. The van der Waals surface area contributed by atoms with E-state index in [0.29, 0.717) is 0 Å². The first-order valence-electron chi connectivity index (χ1n) is 5.28. The van der Waals surface area contributed by atoms with Gasteiger partial charge < -0.3 is 10.0 Å². The number of halogens is 1. The fraction of sp³-hybridized carbons (Fsp3) is 0.500. The van der Waals surface area contributed by atoms with Crippen molar-refractivity contribution in [2.75, 3.05) is 24.6 Å². The second kappa shape index (κ2) is 5.71. The maximum Gasteiger partial charge on any atom is 0.123 e. The lowest BCUT2D eigenvalue weighted by Crippen LogP contribution is -2.29. The Balaban J connectivity index is 2.69. The molecule has 0 aliphatic carbocycles. The fourth-order valence-corrected chi connectivity index (χ4v) is 1.50. The summed E-state index contributed by atoms with van der Waals surface area (Å²) in [6, 6.07) is 6.45. The van der Waals surface area contributed by atoms with Crippen molar-refractivity contribution < 1.29 is 9.50 Å². The lowest BCUT2D eigenvalue weighted by Gasteiger charge is -2.25. The minimum absolute atomic E-state index is 0.178. The molecule has 0 heterocycles. The minimum Gasteiger partial charge on any atom is -0.396 e. The first-order valence-corrected chi connectivity index (χ1v) is 5.28. The number of rotatable bonds is 5. The van der Waals surface area contributed by atoms with E-state index in [0.717, 1.165) is 18.8 Å². The first-order chi connectivity index (χ1) is 7.17. The zero-order valence-electron chi connectivity index (χ0n) is 9.28. The van der Waals surface area contributed by atoms with E-state index in [-0.39, 0.29) is 18.3 Å². The van der Waals surface area contributed by atoms with Gasteiger partial charge in [0.05, 0.1) is 0 Å². The summed E-state index contributed by atoms with van der Waals surface area (Å²) >= 11 is 0. The number of hydrogen-bond acceptors (Lipinski definition) is 2. The molecule has 1 aromatic carbocycles. The van der Waals surface area contributed by atoms with Gasteiger partial charge in [0.1, 0.15) is 5.82 Å². The molecule has 1 atom stereocenters. The third-order valence-electron chi connectivity index (χ3n) is 2.42. The highest BCUT2D eigenvalue weighted by atomic mass is 19.1. The third kappa shape index (κ3) is 3.51. The summed E-state index contributed by atoms with van der Waals surface area (Å²) in [6.07, 6.45) is 0. The lowest BCUT2D eigenvalue weighted by atomic mass is 10.1. The van der Waals surface area contributed by atoms with Crippen molar-refractivity contribution in [2.45, 2.75) is 13.8 Å². The van der Waals surface area contributed by atoms with E-state index in [9.17, 15) is 4.39 Å². The molecule has 0 saturated carbocycles. The van der Waals surface area contributed by atoms with Crippen LogP contribution >= 0.6 is 0 Å². The molecule has 0 radical (unpaired) electrons. The molecule has 84 valence electrons. The second-order valence-electron chi connectivity index (χ2n) is 3.80. The molecule has 2 nitrogen and oxygen atoms in total. The van der Waals surface area contributed by atoms with Crippen molar-refractivity contribution in [2.24, 2.45) is 5.92 Å². The van der Waals surface area contributed by atoms with Crippen molar-refractivity contribution in [3.8, 4) is 0 Å². The lowest BCUT2D eigenvalue weighted by molar-refractivity contribution is 0.239. The van der Waals surface area contributed by atoms with Gasteiger partial charge in [-0.05, 0) is 37.1 Å². The smallest absolute Gasteiger partial charge is 0.123 e. The highest BCUT2D eigenvalue weighted by Gasteiger charge is 2.08. The van der Waals surface area contributed by atoms with Crippen molar-refractivity contribution >= 4 is 5.69 Å². The Labute approximate surface area is 90.3 Å². The summed E-state index contributed by atoms with van der Waals surface area (Å²) in [7, 11) is 0. The van der Waals surface area contributed by atoms with E-state index in [4.69, 9.17) is 5.11 Å². The predicted molar refractivity (Wildman–Crippen MR) is 60.5 cm³/mol. The Morgan fingerprint density at radius 1 is 1.33 bits per heavy atom. The Bertz CT molecular complexity index is 286. The Kier molecular flexibility index (Phi) is 4.56. The fourth-order valence-electron chi connectivity index (χ4n) is 1.50. The predicted octanol–water partition coefficient (Wildman–Crippen LogP) is 2.28. The number of aliphatic hydroxyl groups is 1. The van der Waals surface area contributed by atoms with Gasteiger partial charge in [-0.15, -0.1) is 0 Å². The largest absolute Gasteiger partial charge is 0.396 e. The van der Waals surface area contributed by atoms with Crippen LogP contribution in [0.15, 0.2) is 24.3 Å². The highest BCUT2D eigenvalue weighted by molar-refractivity contribution is 5.46. The van der Waals surface area contributed by atoms with Crippen LogP contribution in [-0.2, 0) is 0 Å². The Morgan fingerprint density at radius 2 is 1.93 bits per heavy atom. The van der Waals surface area contributed by atoms with Gasteiger partial charge in [0.2, 0.25) is 0 Å². The second-order valence-corrected chi connectivity index (χ2v) is 3.80. The molecule has 0 aliphatic rings. The summed E-state index contributed by atoms with van der Waals surface area (Å²) in [5.41, 5.74) is 0.999. The van der Waals surface area contributed by atoms with Crippen molar-refractivity contribution in [3.05, 3.63) is 30.1 Å². The first kappa shape index (κ1) is 12.0. The van der Waals surface area contributed by atoms with E-state index in [2.05, 4.69) is 4.90 Å². The number of hydrogen-bond donors (Lipinski definition) is 1. The van der Waals surface area contributed by atoms with Crippen LogP contribution in [-0.4, -0.2) is 24.8 Å². The summed E-state index contributed by atoms with van der Waals surface area (Å²) in [4.78, 5) is 2.13. The van der Waals surface area contributed by atoms with Crippen molar-refractivity contribution in [1.29, 1.82) is 0 Å². The summed E-state index contributed by atoms with van der Waals surface area (Å²) < 4.78 is 12.7. The average molecular weight is 211 g/mol. The monoisotopic (exact) mass is 211 g/mol. The zero-order valence-corrected chi connectivity index (χ0v) is 9.28. The van der Waals surface area contributed by atoms with Gasteiger partial charge in [0.25, 0.3) is 0 Å². The molecule has 0 aromatic heterocycles. The van der Waals surface area contributed by atoms with Crippen LogP contribution in [0.3, 0.4) is 0 Å². The SMILES string of the molecule is CCN(CC(C)CO)c1ccc(F)cc1. The molecule has 15 heavy (non-hydrogen) atoms. The van der Waals surface area contributed by atoms with Crippen LogP contribution in [0.5, 0.6) is 0 Å². The van der Waals surface area contributed by atoms with Crippen LogP contribution in [0.4, 0.5) is 10.1 Å². The van der Waals surface area contributed by atoms with Gasteiger partial charge in [-0.3, -0.25) is 0 Å². The minimum atomic E-state index is -0.218. The Hall–Kier alpha value is -1.09. The molecule has 1 N–H and O–H groups in total. The van der Waals surface area contributed by atoms with Gasteiger partial charge in [-0.1, -0.05) is 6.92 Å². The zero-order chi connectivity index (χ0) is 11.3. The normalized spacial score (nSPS) is 12.5. The molecule has 1 aromatic rings. The van der Waals surface area contributed by atoms with Gasteiger partial charge in [0, 0.05) is 25.4 Å². The van der Waals surface area contributed by atoms with E-state index in [1.165, 1.54) is 12.1 Å². The molecule has 0 saturated heterocycles. The van der Waals surface area contributed by atoms with Gasteiger partial charge in [-0.25, -0.2) is 4.39 Å². The number of nitrogens with zero attached hydrogens (tertiary/aromatic N) is 1. The van der Waals surface area contributed by atoms with E-state index in [1.54, 1.807) is 12.1 Å². The number of benzene rings is 1. The molecule has 1 unspecified atom stereocenters. The average Bonchev–Trinajstić information content (AvgIpc) is 2.27. The van der Waals surface area contributed by atoms with Crippen molar-refractivity contribution in [3.63, 3.8) is 0 Å². The Morgan fingerprint density at radius 3 is 2.40 bits per heavy atom. The summed E-state index contributed by atoms with van der Waals surface area (Å²) in [5.74, 6) is 0.0139. The molecular weight excluding hydrogens is 193 g/mol. The van der Waals surface area contributed by atoms with E-state index >= 15 is 0 Å². The molecule has 0 spiro atoms. The number of aliphatic hydroxyl groups excluding tert-OH is 1. The topological polar surface area (TPSA) is 23.5 Å². The maximum atomic E-state index is 12.7.